The molecule has 2 aromatic heterocycles. The van der Waals surface area contributed by atoms with Gasteiger partial charge in [0.1, 0.15) is 4.83 Å². The number of nitrogens with one attached hydrogen (secondary N) is 1. The summed E-state index contributed by atoms with van der Waals surface area (Å²) < 4.78 is 0. The van der Waals surface area contributed by atoms with Crippen LogP contribution >= 0.6 is 11.3 Å². The molecular formula is C13H12N2OS. The topological polar surface area (TPSA) is 42.0 Å². The summed E-state index contributed by atoms with van der Waals surface area (Å²) in [7, 11) is 0. The molecule has 86 valence electrons. The standard InChI is InChI=1S/C13H12N2OS/c16-8-15-10-4-3-9(6-10)12-7-17-13-11(12)2-1-5-14-13/h1-2,5-8,10H,3-4H2,(H,15,16). The maximum Gasteiger partial charge on any atom is 0.207 e. The van der Waals surface area contributed by atoms with E-state index in [0.29, 0.717) is 0 Å². The molecule has 17 heavy (non-hydrogen) atoms. The highest BCUT2D eigenvalue weighted by Gasteiger charge is 2.18. The number of hydrogen-bond donors (Lipinski definition) is 1. The van der Waals surface area contributed by atoms with Crippen LogP contribution in [0.15, 0.2) is 29.8 Å². The van der Waals surface area contributed by atoms with Gasteiger partial charge in [0.25, 0.3) is 0 Å². The van der Waals surface area contributed by atoms with Crippen molar-refractivity contribution >= 4 is 33.5 Å². The SMILES string of the molecule is O=CNC1C=C(c2csc3ncccc23)CC1. The number of hydrogen-bond acceptors (Lipinski definition) is 3. The van der Waals surface area contributed by atoms with Crippen LogP contribution in [0.4, 0.5) is 0 Å². The number of fused-ring (bicyclic) bond motifs is 1. The molecule has 1 N–H and O–H groups in total. The molecule has 0 aliphatic heterocycles. The number of amides is 1. The molecule has 0 saturated carbocycles. The van der Waals surface area contributed by atoms with E-state index in [2.05, 4.69) is 27.8 Å². The molecule has 1 aliphatic carbocycles. The maximum absolute atomic E-state index is 10.4. The highest BCUT2D eigenvalue weighted by molar-refractivity contribution is 7.17. The van der Waals surface area contributed by atoms with Crippen molar-refractivity contribution < 1.29 is 4.79 Å². The third kappa shape index (κ3) is 1.85. The Labute approximate surface area is 103 Å². The Hall–Kier alpha value is -1.68. The first-order valence-electron chi connectivity index (χ1n) is 5.61. The van der Waals surface area contributed by atoms with E-state index in [9.17, 15) is 4.79 Å². The van der Waals surface area contributed by atoms with E-state index >= 15 is 0 Å². The van der Waals surface area contributed by atoms with Gasteiger partial charge < -0.3 is 5.32 Å². The van der Waals surface area contributed by atoms with Crippen molar-refractivity contribution in [2.75, 3.05) is 0 Å². The van der Waals surface area contributed by atoms with Crippen LogP contribution in [0.3, 0.4) is 0 Å². The molecule has 0 fully saturated rings. The van der Waals surface area contributed by atoms with E-state index in [-0.39, 0.29) is 6.04 Å². The van der Waals surface area contributed by atoms with E-state index in [1.54, 1.807) is 11.3 Å². The average molecular weight is 244 g/mol. The zero-order valence-electron chi connectivity index (χ0n) is 9.22. The minimum Gasteiger partial charge on any atom is -0.352 e. The van der Waals surface area contributed by atoms with Crippen LogP contribution in [0.5, 0.6) is 0 Å². The second-order valence-electron chi connectivity index (χ2n) is 4.13. The summed E-state index contributed by atoms with van der Waals surface area (Å²) >= 11 is 1.67. The van der Waals surface area contributed by atoms with Gasteiger partial charge in [0, 0.05) is 23.0 Å². The van der Waals surface area contributed by atoms with Gasteiger partial charge in [0.15, 0.2) is 0 Å². The molecular weight excluding hydrogens is 232 g/mol. The smallest absolute Gasteiger partial charge is 0.207 e. The number of rotatable bonds is 3. The highest BCUT2D eigenvalue weighted by atomic mass is 32.1. The van der Waals surface area contributed by atoms with Gasteiger partial charge in [-0.05, 0) is 36.1 Å². The molecule has 2 heterocycles. The summed E-state index contributed by atoms with van der Waals surface area (Å²) in [6.45, 7) is 0. The number of aromatic nitrogens is 1. The monoisotopic (exact) mass is 244 g/mol. The fourth-order valence-electron chi connectivity index (χ4n) is 2.28. The van der Waals surface area contributed by atoms with E-state index in [1.165, 1.54) is 16.5 Å². The lowest BCUT2D eigenvalue weighted by atomic mass is 10.1. The molecule has 1 amide bonds. The van der Waals surface area contributed by atoms with Crippen LogP contribution in [0.2, 0.25) is 0 Å². The van der Waals surface area contributed by atoms with Gasteiger partial charge in [-0.2, -0.15) is 0 Å². The number of thiophene rings is 1. The molecule has 0 saturated heterocycles. The molecule has 3 nitrogen and oxygen atoms in total. The number of pyridine rings is 1. The van der Waals surface area contributed by atoms with Crippen molar-refractivity contribution in [3.63, 3.8) is 0 Å². The molecule has 0 spiro atoms. The largest absolute Gasteiger partial charge is 0.352 e. The third-order valence-electron chi connectivity index (χ3n) is 3.10. The number of nitrogens with zero attached hydrogens (tertiary/aromatic N) is 1. The van der Waals surface area contributed by atoms with Gasteiger partial charge in [-0.3, -0.25) is 4.79 Å². The zero-order valence-corrected chi connectivity index (χ0v) is 10.0. The van der Waals surface area contributed by atoms with Gasteiger partial charge in [-0.15, -0.1) is 11.3 Å². The normalized spacial score (nSPS) is 19.3. The molecule has 1 aliphatic rings. The number of carbonyl (C=O) groups is 1. The van der Waals surface area contributed by atoms with Crippen molar-refractivity contribution in [1.82, 2.24) is 10.3 Å². The van der Waals surface area contributed by atoms with Gasteiger partial charge in [0.05, 0.1) is 0 Å². The van der Waals surface area contributed by atoms with Crippen LogP contribution in [0, 0.1) is 0 Å². The lowest BCUT2D eigenvalue weighted by Crippen LogP contribution is -2.22. The molecule has 4 heteroatoms. The number of carbonyl (C=O) groups excluding carboxylic acids is 1. The van der Waals surface area contributed by atoms with Crippen molar-refractivity contribution in [3.05, 3.63) is 35.3 Å². The van der Waals surface area contributed by atoms with Gasteiger partial charge in [0.2, 0.25) is 6.41 Å². The quantitative estimate of drug-likeness (QED) is 0.843. The Morgan fingerprint density at radius 1 is 1.53 bits per heavy atom. The molecule has 0 bridgehead atoms. The van der Waals surface area contributed by atoms with Crippen molar-refractivity contribution in [3.8, 4) is 0 Å². The Balaban J connectivity index is 1.99. The minimum atomic E-state index is 0.189. The van der Waals surface area contributed by atoms with Crippen LogP contribution < -0.4 is 5.32 Å². The number of allylic oxidation sites excluding steroid dienone is 1. The Kier molecular flexibility index (Phi) is 2.65. The first-order chi connectivity index (χ1) is 8.38. The van der Waals surface area contributed by atoms with Crippen LogP contribution in [0.1, 0.15) is 18.4 Å². The lowest BCUT2D eigenvalue weighted by Gasteiger charge is -2.01. The summed E-state index contributed by atoms with van der Waals surface area (Å²) in [4.78, 5) is 15.8. The molecule has 0 aromatic carbocycles. The lowest BCUT2D eigenvalue weighted by molar-refractivity contribution is -0.109. The fraction of sp³-hybridized carbons (Fsp3) is 0.231. The Morgan fingerprint density at radius 3 is 3.35 bits per heavy atom. The predicted octanol–water partition coefficient (Wildman–Crippen LogP) is 2.59. The summed E-state index contributed by atoms with van der Waals surface area (Å²) in [5, 5.41) is 6.19. The highest BCUT2D eigenvalue weighted by Crippen LogP contribution is 2.35. The van der Waals surface area contributed by atoms with E-state index in [1.807, 2.05) is 12.3 Å². The van der Waals surface area contributed by atoms with E-state index < -0.39 is 0 Å². The summed E-state index contributed by atoms with van der Waals surface area (Å²) in [6, 6.07) is 4.26. The Bertz CT molecular complexity index is 588. The molecule has 1 atom stereocenters. The third-order valence-corrected chi connectivity index (χ3v) is 4.01. The molecule has 2 aromatic rings. The van der Waals surface area contributed by atoms with Crippen LogP contribution in [-0.2, 0) is 4.79 Å². The van der Waals surface area contributed by atoms with Crippen molar-refractivity contribution in [2.45, 2.75) is 18.9 Å². The van der Waals surface area contributed by atoms with Gasteiger partial charge in [-0.25, -0.2) is 4.98 Å². The van der Waals surface area contributed by atoms with E-state index in [4.69, 9.17) is 0 Å². The first kappa shape index (κ1) is 10.5. The average Bonchev–Trinajstić information content (AvgIpc) is 2.95. The molecule has 1 unspecified atom stereocenters. The second kappa shape index (κ2) is 4.30. The van der Waals surface area contributed by atoms with Crippen molar-refractivity contribution in [1.29, 1.82) is 0 Å². The molecule has 0 radical (unpaired) electrons. The summed E-state index contributed by atoms with van der Waals surface area (Å²) in [5.41, 5.74) is 2.59. The minimum absolute atomic E-state index is 0.189. The zero-order chi connectivity index (χ0) is 11.7. The van der Waals surface area contributed by atoms with E-state index in [0.717, 1.165) is 24.1 Å². The van der Waals surface area contributed by atoms with Gasteiger partial charge in [-0.1, -0.05) is 6.08 Å². The predicted molar refractivity (Wildman–Crippen MR) is 69.8 cm³/mol. The maximum atomic E-state index is 10.4. The summed E-state index contributed by atoms with van der Waals surface area (Å²) in [6.07, 6.45) is 6.76. The van der Waals surface area contributed by atoms with Crippen molar-refractivity contribution in [2.24, 2.45) is 0 Å². The summed E-state index contributed by atoms with van der Waals surface area (Å²) in [5.74, 6) is 0. The molecule has 3 rings (SSSR count). The fourth-order valence-corrected chi connectivity index (χ4v) is 3.21. The van der Waals surface area contributed by atoms with Crippen LogP contribution in [0.25, 0.3) is 15.8 Å². The first-order valence-corrected chi connectivity index (χ1v) is 6.49. The van der Waals surface area contributed by atoms with Gasteiger partial charge >= 0.3 is 0 Å². The Morgan fingerprint density at radius 2 is 2.47 bits per heavy atom. The second-order valence-corrected chi connectivity index (χ2v) is 4.99. The van der Waals surface area contributed by atoms with Crippen LogP contribution in [-0.4, -0.2) is 17.4 Å².